The summed E-state index contributed by atoms with van der Waals surface area (Å²) in [6, 6.07) is 3.46. The van der Waals surface area contributed by atoms with Crippen LogP contribution >= 0.6 is 0 Å². The number of fused-ring (bicyclic) bond motifs is 4. The average molecular weight is 400 g/mol. The topological polar surface area (TPSA) is 126 Å². The van der Waals surface area contributed by atoms with Crippen molar-refractivity contribution in [1.29, 1.82) is 0 Å². The summed E-state index contributed by atoms with van der Waals surface area (Å²) >= 11 is 0. The van der Waals surface area contributed by atoms with Crippen LogP contribution in [0.4, 0.5) is 0 Å². The Labute approximate surface area is 166 Å². The highest BCUT2D eigenvalue weighted by Gasteiger charge is 2.60. The number of hydrogen-bond acceptors (Lipinski definition) is 8. The molecule has 8 nitrogen and oxygen atoms in total. The molecule has 2 atom stereocenters. The number of aliphatic hydroxyl groups is 1. The van der Waals surface area contributed by atoms with Crippen LogP contribution in [0.5, 0.6) is 34.5 Å². The number of hydrogen-bond donors (Lipinski definition) is 4. The monoisotopic (exact) mass is 400 g/mol. The molecule has 152 valence electrons. The van der Waals surface area contributed by atoms with Gasteiger partial charge in [-0.25, -0.2) is 0 Å². The summed E-state index contributed by atoms with van der Waals surface area (Å²) in [6.45, 7) is 3.79. The lowest BCUT2D eigenvalue weighted by Crippen LogP contribution is -2.51. The first kappa shape index (κ1) is 18.9. The second-order valence-electron chi connectivity index (χ2n) is 7.27. The standard InChI is InChI=1S/C21H20O8/c1-9(2)4-5-11-17(24)15(27-3)8-12-18(11)29-20-21(12,26)19(25)16-13(23)6-10(22)7-14(16)28-20/h4,6-8,20,22-24,26H,5H2,1-3H3. The highest BCUT2D eigenvalue weighted by Crippen LogP contribution is 2.55. The molecule has 0 saturated carbocycles. The van der Waals surface area contributed by atoms with Gasteiger partial charge in [0.15, 0.2) is 11.5 Å². The zero-order valence-corrected chi connectivity index (χ0v) is 16.0. The van der Waals surface area contributed by atoms with Crippen LogP contribution in [0.15, 0.2) is 29.8 Å². The van der Waals surface area contributed by atoms with Crippen molar-refractivity contribution in [3.8, 4) is 34.5 Å². The normalized spacial score (nSPS) is 21.4. The molecule has 2 heterocycles. The highest BCUT2D eigenvalue weighted by molar-refractivity contribution is 6.09. The van der Waals surface area contributed by atoms with Crippen molar-refractivity contribution in [2.45, 2.75) is 32.2 Å². The van der Waals surface area contributed by atoms with Gasteiger partial charge in [0.1, 0.15) is 28.6 Å². The molecule has 4 N–H and O–H groups in total. The maximum atomic E-state index is 13.2. The number of ketones is 1. The Morgan fingerprint density at radius 1 is 1.21 bits per heavy atom. The van der Waals surface area contributed by atoms with E-state index in [-0.39, 0.29) is 46.3 Å². The van der Waals surface area contributed by atoms with E-state index in [0.29, 0.717) is 5.56 Å². The fourth-order valence-electron chi connectivity index (χ4n) is 3.62. The zero-order chi connectivity index (χ0) is 21.1. The van der Waals surface area contributed by atoms with Gasteiger partial charge in [0, 0.05) is 23.3 Å². The van der Waals surface area contributed by atoms with Gasteiger partial charge in [0.2, 0.25) is 11.4 Å². The summed E-state index contributed by atoms with van der Waals surface area (Å²) in [7, 11) is 1.35. The molecular weight excluding hydrogens is 380 g/mol. The summed E-state index contributed by atoms with van der Waals surface area (Å²) in [5, 5.41) is 41.8. The van der Waals surface area contributed by atoms with Crippen molar-refractivity contribution in [2.75, 3.05) is 7.11 Å². The van der Waals surface area contributed by atoms with Gasteiger partial charge >= 0.3 is 0 Å². The van der Waals surface area contributed by atoms with E-state index in [4.69, 9.17) is 14.2 Å². The Balaban J connectivity index is 1.93. The number of carbonyl (C=O) groups excluding carboxylic acids is 1. The lowest BCUT2D eigenvalue weighted by Gasteiger charge is -2.33. The summed E-state index contributed by atoms with van der Waals surface area (Å²) in [5.41, 5.74) is -1.14. The number of ether oxygens (including phenoxy) is 3. The van der Waals surface area contributed by atoms with E-state index in [0.717, 1.165) is 17.7 Å². The largest absolute Gasteiger partial charge is 0.508 e. The lowest BCUT2D eigenvalue weighted by molar-refractivity contribution is -0.118. The van der Waals surface area contributed by atoms with Crippen molar-refractivity contribution < 1.29 is 39.4 Å². The molecule has 2 aromatic rings. The number of benzene rings is 2. The fourth-order valence-corrected chi connectivity index (χ4v) is 3.62. The Hall–Kier alpha value is -3.39. The number of methoxy groups -OCH3 is 1. The number of phenolic OH excluding ortho intramolecular Hbond substituents is 3. The van der Waals surface area contributed by atoms with Crippen molar-refractivity contribution in [3.63, 3.8) is 0 Å². The Kier molecular flexibility index (Phi) is 4.13. The summed E-state index contributed by atoms with van der Waals surface area (Å²) in [6.07, 6.45) is 0.658. The van der Waals surface area contributed by atoms with Crippen molar-refractivity contribution in [1.82, 2.24) is 0 Å². The van der Waals surface area contributed by atoms with Gasteiger partial charge in [-0.1, -0.05) is 11.6 Å². The molecule has 0 bridgehead atoms. The zero-order valence-electron chi connectivity index (χ0n) is 16.0. The first-order valence-corrected chi connectivity index (χ1v) is 8.91. The van der Waals surface area contributed by atoms with Crippen LogP contribution in [-0.4, -0.2) is 39.6 Å². The van der Waals surface area contributed by atoms with E-state index >= 15 is 0 Å². The second-order valence-corrected chi connectivity index (χ2v) is 7.27. The number of aromatic hydroxyl groups is 3. The van der Waals surface area contributed by atoms with Crippen molar-refractivity contribution in [2.24, 2.45) is 0 Å². The van der Waals surface area contributed by atoms with Gasteiger partial charge in [-0.15, -0.1) is 0 Å². The van der Waals surface area contributed by atoms with Crippen LogP contribution in [-0.2, 0) is 12.0 Å². The highest BCUT2D eigenvalue weighted by atomic mass is 16.7. The average Bonchev–Trinajstić information content (AvgIpc) is 2.92. The summed E-state index contributed by atoms with van der Waals surface area (Å²) in [4.78, 5) is 13.2. The maximum Gasteiger partial charge on any atom is 0.281 e. The summed E-state index contributed by atoms with van der Waals surface area (Å²) < 4.78 is 16.6. The van der Waals surface area contributed by atoms with Gasteiger partial charge < -0.3 is 34.6 Å². The van der Waals surface area contributed by atoms with Crippen molar-refractivity contribution >= 4 is 5.78 Å². The van der Waals surface area contributed by atoms with Gasteiger partial charge in [-0.05, 0) is 26.3 Å². The molecule has 0 spiro atoms. The third-order valence-electron chi connectivity index (χ3n) is 5.10. The van der Waals surface area contributed by atoms with Crippen LogP contribution < -0.4 is 14.2 Å². The third kappa shape index (κ3) is 2.60. The second kappa shape index (κ2) is 6.31. The number of rotatable bonds is 3. The first-order chi connectivity index (χ1) is 13.7. The first-order valence-electron chi connectivity index (χ1n) is 8.91. The molecule has 29 heavy (non-hydrogen) atoms. The minimum absolute atomic E-state index is 0.0621. The van der Waals surface area contributed by atoms with E-state index < -0.39 is 23.4 Å². The minimum Gasteiger partial charge on any atom is -0.508 e. The van der Waals surface area contributed by atoms with Crippen LogP contribution in [0.1, 0.15) is 35.3 Å². The van der Waals surface area contributed by atoms with Crippen LogP contribution in [0.2, 0.25) is 0 Å². The van der Waals surface area contributed by atoms with Crippen molar-refractivity contribution in [3.05, 3.63) is 46.5 Å². The number of allylic oxidation sites excluding steroid dienone is 2. The summed E-state index contributed by atoms with van der Waals surface area (Å²) in [5.74, 6) is -1.79. The molecule has 0 amide bonds. The van der Waals surface area contributed by atoms with Crippen LogP contribution in [0, 0.1) is 0 Å². The smallest absolute Gasteiger partial charge is 0.281 e. The van der Waals surface area contributed by atoms with Gasteiger partial charge in [-0.3, -0.25) is 4.79 Å². The molecule has 0 fully saturated rings. The molecule has 4 rings (SSSR count). The van der Waals surface area contributed by atoms with E-state index in [1.807, 2.05) is 19.9 Å². The molecular formula is C21H20O8. The lowest BCUT2D eigenvalue weighted by atomic mass is 9.83. The number of Topliss-reactive ketones (excluding diaryl/α,β-unsaturated/α-hetero) is 1. The Morgan fingerprint density at radius 3 is 2.59 bits per heavy atom. The van der Waals surface area contributed by atoms with Gasteiger partial charge in [0.05, 0.1) is 7.11 Å². The molecule has 2 aromatic carbocycles. The molecule has 2 aliphatic heterocycles. The van der Waals surface area contributed by atoms with Crippen LogP contribution in [0.25, 0.3) is 0 Å². The Bertz CT molecular complexity index is 1070. The Morgan fingerprint density at radius 2 is 1.93 bits per heavy atom. The van der Waals surface area contributed by atoms with E-state index in [2.05, 4.69) is 0 Å². The SMILES string of the molecule is COc1cc2c(c(CC=C(C)C)c1O)OC1Oc3cc(O)cc(O)c3C(=O)C21O. The fraction of sp³-hybridized carbons (Fsp3) is 0.286. The predicted molar refractivity (Wildman–Crippen MR) is 101 cm³/mol. The molecule has 0 aromatic heterocycles. The minimum atomic E-state index is -2.27. The molecule has 0 radical (unpaired) electrons. The van der Waals surface area contributed by atoms with Crippen LogP contribution in [0.3, 0.4) is 0 Å². The molecule has 2 unspecified atom stereocenters. The molecule has 0 aliphatic carbocycles. The number of carbonyl (C=O) groups is 1. The van der Waals surface area contributed by atoms with Gasteiger partial charge in [0.25, 0.3) is 6.29 Å². The predicted octanol–water partition coefficient (Wildman–Crippen LogP) is 2.50. The van der Waals surface area contributed by atoms with E-state index in [1.165, 1.54) is 13.2 Å². The number of phenols is 3. The van der Waals surface area contributed by atoms with Gasteiger partial charge in [-0.2, -0.15) is 0 Å². The van der Waals surface area contributed by atoms with E-state index in [9.17, 15) is 25.2 Å². The maximum absolute atomic E-state index is 13.2. The third-order valence-corrected chi connectivity index (χ3v) is 5.10. The van der Waals surface area contributed by atoms with E-state index in [1.54, 1.807) is 0 Å². The molecule has 0 saturated heterocycles. The quantitative estimate of drug-likeness (QED) is 0.579. The molecule has 8 heteroatoms. The molecule has 2 aliphatic rings.